The van der Waals surface area contributed by atoms with Crippen molar-refractivity contribution in [2.24, 2.45) is 0 Å². The fourth-order valence-electron chi connectivity index (χ4n) is 3.07. The van der Waals surface area contributed by atoms with Gasteiger partial charge in [-0.2, -0.15) is 22.6 Å². The minimum absolute atomic E-state index is 0.248. The molecule has 1 aliphatic rings. The molecule has 1 fully saturated rings. The molecular weight excluding hydrogens is 381 g/mol. The van der Waals surface area contributed by atoms with E-state index in [0.29, 0.717) is 25.6 Å². The molecule has 2 heterocycles. The third-order valence-electron chi connectivity index (χ3n) is 4.55. The molecule has 148 valence electrons. The Morgan fingerprint density at radius 1 is 1.04 bits per heavy atom. The van der Waals surface area contributed by atoms with Crippen LogP contribution >= 0.6 is 0 Å². The summed E-state index contributed by atoms with van der Waals surface area (Å²) in [5, 5.41) is 4.14. The van der Waals surface area contributed by atoms with Crippen LogP contribution in [-0.2, 0) is 22.7 Å². The summed E-state index contributed by atoms with van der Waals surface area (Å²) >= 11 is 0. The first-order valence-electron chi connectivity index (χ1n) is 8.64. The quantitative estimate of drug-likeness (QED) is 0.770. The molecule has 10 heteroatoms. The van der Waals surface area contributed by atoms with Crippen molar-refractivity contribution >= 4 is 10.0 Å². The van der Waals surface area contributed by atoms with Gasteiger partial charge in [-0.05, 0) is 37.2 Å². The van der Waals surface area contributed by atoms with Crippen LogP contribution in [0.2, 0.25) is 0 Å². The van der Waals surface area contributed by atoms with Crippen molar-refractivity contribution < 1.29 is 21.6 Å². The molecule has 27 heavy (non-hydrogen) atoms. The van der Waals surface area contributed by atoms with Gasteiger partial charge >= 0.3 is 6.18 Å². The summed E-state index contributed by atoms with van der Waals surface area (Å²) in [5.74, 6) is 0. The molecule has 1 saturated heterocycles. The fraction of sp³-hybridized carbons (Fsp3) is 0.471. The van der Waals surface area contributed by atoms with Gasteiger partial charge in [0.2, 0.25) is 10.0 Å². The highest BCUT2D eigenvalue weighted by Gasteiger charge is 2.33. The first-order chi connectivity index (χ1) is 12.8. The molecule has 0 saturated carbocycles. The molecular formula is C17H21F3N4O2S. The lowest BCUT2D eigenvalue weighted by Crippen LogP contribution is -2.36. The van der Waals surface area contributed by atoms with E-state index >= 15 is 0 Å². The van der Waals surface area contributed by atoms with Crippen LogP contribution in [0.1, 0.15) is 12.0 Å². The second kappa shape index (κ2) is 7.99. The topological polar surface area (TPSA) is 58.4 Å². The van der Waals surface area contributed by atoms with Crippen molar-refractivity contribution in [3.63, 3.8) is 0 Å². The van der Waals surface area contributed by atoms with Crippen LogP contribution in [0, 0.1) is 0 Å². The standard InChI is InChI=1S/C17H21F3N4O2S/c18-17(19,20)15-4-1-5-16(14-15)27(25,26)24-9-3-7-22(11-13-24)10-12-23-8-2-6-21-23/h1-2,4-6,8,14H,3,7,9-13H2. The second-order valence-electron chi connectivity index (χ2n) is 6.39. The molecule has 6 nitrogen and oxygen atoms in total. The predicted molar refractivity (Wildman–Crippen MR) is 93.5 cm³/mol. The van der Waals surface area contributed by atoms with Gasteiger partial charge in [0.05, 0.1) is 17.0 Å². The van der Waals surface area contributed by atoms with Crippen LogP contribution in [0.15, 0.2) is 47.6 Å². The Morgan fingerprint density at radius 3 is 2.56 bits per heavy atom. The van der Waals surface area contributed by atoms with E-state index in [4.69, 9.17) is 0 Å². The van der Waals surface area contributed by atoms with Gasteiger partial charge in [0.1, 0.15) is 0 Å². The average molecular weight is 402 g/mol. The molecule has 0 radical (unpaired) electrons. The van der Waals surface area contributed by atoms with Crippen molar-refractivity contribution in [3.8, 4) is 0 Å². The van der Waals surface area contributed by atoms with Gasteiger partial charge in [-0.3, -0.25) is 4.68 Å². The number of hydrogen-bond acceptors (Lipinski definition) is 4. The Labute approximate surface area is 156 Å². The van der Waals surface area contributed by atoms with Crippen LogP contribution < -0.4 is 0 Å². The minimum Gasteiger partial charge on any atom is -0.300 e. The minimum atomic E-state index is -4.58. The average Bonchev–Trinajstić information content (AvgIpc) is 3.03. The smallest absolute Gasteiger partial charge is 0.300 e. The normalized spacial score (nSPS) is 17.7. The van der Waals surface area contributed by atoms with Gasteiger partial charge in [0, 0.05) is 38.6 Å². The number of hydrogen-bond donors (Lipinski definition) is 0. The Hall–Kier alpha value is -1.91. The van der Waals surface area contributed by atoms with E-state index in [1.807, 2.05) is 16.9 Å². The molecule has 3 rings (SSSR count). The zero-order valence-corrected chi connectivity index (χ0v) is 15.5. The van der Waals surface area contributed by atoms with E-state index in [0.717, 1.165) is 25.2 Å². The van der Waals surface area contributed by atoms with Gasteiger partial charge < -0.3 is 4.90 Å². The SMILES string of the molecule is O=S(=O)(c1cccc(C(F)(F)F)c1)N1CCCN(CCn2cccn2)CC1. The van der Waals surface area contributed by atoms with Crippen molar-refractivity contribution in [2.75, 3.05) is 32.7 Å². The van der Waals surface area contributed by atoms with Gasteiger partial charge in [-0.1, -0.05) is 6.07 Å². The zero-order chi connectivity index (χ0) is 19.5. The lowest BCUT2D eigenvalue weighted by atomic mass is 10.2. The highest BCUT2D eigenvalue weighted by Crippen LogP contribution is 2.31. The van der Waals surface area contributed by atoms with E-state index in [-0.39, 0.29) is 18.0 Å². The molecule has 0 spiro atoms. The Kier molecular flexibility index (Phi) is 5.87. The monoisotopic (exact) mass is 402 g/mol. The van der Waals surface area contributed by atoms with E-state index in [1.54, 1.807) is 6.20 Å². The summed E-state index contributed by atoms with van der Waals surface area (Å²) in [5.41, 5.74) is -0.959. The highest BCUT2D eigenvalue weighted by atomic mass is 32.2. The van der Waals surface area contributed by atoms with Crippen molar-refractivity contribution in [2.45, 2.75) is 24.0 Å². The van der Waals surface area contributed by atoms with Gasteiger partial charge in [0.25, 0.3) is 0 Å². The van der Waals surface area contributed by atoms with Crippen molar-refractivity contribution in [3.05, 3.63) is 48.3 Å². The van der Waals surface area contributed by atoms with Crippen molar-refractivity contribution in [1.29, 1.82) is 0 Å². The molecule has 0 amide bonds. The third kappa shape index (κ3) is 4.88. The number of rotatable bonds is 5. The summed E-state index contributed by atoms with van der Waals surface area (Å²) in [7, 11) is -3.96. The fourth-order valence-corrected chi connectivity index (χ4v) is 4.59. The number of sulfonamides is 1. The van der Waals surface area contributed by atoms with Gasteiger partial charge in [-0.15, -0.1) is 0 Å². The molecule has 1 aliphatic heterocycles. The largest absolute Gasteiger partial charge is 0.416 e. The number of halogens is 3. The number of aromatic nitrogens is 2. The van der Waals surface area contributed by atoms with Crippen LogP contribution in [0.5, 0.6) is 0 Å². The zero-order valence-electron chi connectivity index (χ0n) is 14.6. The summed E-state index contributed by atoms with van der Waals surface area (Å²) in [6, 6.07) is 5.76. The van der Waals surface area contributed by atoms with E-state index in [2.05, 4.69) is 10.00 Å². The van der Waals surface area contributed by atoms with Crippen LogP contribution in [0.25, 0.3) is 0 Å². The lowest BCUT2D eigenvalue weighted by molar-refractivity contribution is -0.137. The Morgan fingerprint density at radius 2 is 1.85 bits per heavy atom. The molecule has 0 bridgehead atoms. The Balaban J connectivity index is 1.67. The first-order valence-corrected chi connectivity index (χ1v) is 10.1. The maximum atomic E-state index is 12.9. The highest BCUT2D eigenvalue weighted by molar-refractivity contribution is 7.89. The molecule has 2 aromatic rings. The van der Waals surface area contributed by atoms with Gasteiger partial charge in [-0.25, -0.2) is 8.42 Å². The summed E-state index contributed by atoms with van der Waals surface area (Å²) in [6.07, 6.45) is -0.390. The maximum absolute atomic E-state index is 12.9. The Bertz CT molecular complexity index is 853. The van der Waals surface area contributed by atoms with E-state index < -0.39 is 21.8 Å². The second-order valence-corrected chi connectivity index (χ2v) is 8.33. The molecule has 1 aromatic carbocycles. The lowest BCUT2D eigenvalue weighted by Gasteiger charge is -2.22. The molecule has 0 unspecified atom stereocenters. The number of nitrogens with zero attached hydrogens (tertiary/aromatic N) is 4. The summed E-state index contributed by atoms with van der Waals surface area (Å²) in [4.78, 5) is 1.82. The molecule has 0 N–H and O–H groups in total. The first kappa shape index (κ1) is 19.8. The van der Waals surface area contributed by atoms with Crippen LogP contribution in [0.3, 0.4) is 0 Å². The van der Waals surface area contributed by atoms with E-state index in [1.165, 1.54) is 10.4 Å². The van der Waals surface area contributed by atoms with Gasteiger partial charge in [0.15, 0.2) is 0 Å². The molecule has 1 aromatic heterocycles. The summed E-state index contributed by atoms with van der Waals surface area (Å²) < 4.78 is 67.4. The third-order valence-corrected chi connectivity index (χ3v) is 6.45. The molecule has 0 atom stereocenters. The predicted octanol–water partition coefficient (Wildman–Crippen LogP) is 2.30. The van der Waals surface area contributed by atoms with Crippen LogP contribution in [-0.4, -0.2) is 60.1 Å². The number of alkyl halides is 3. The number of benzene rings is 1. The maximum Gasteiger partial charge on any atom is 0.416 e. The van der Waals surface area contributed by atoms with Crippen molar-refractivity contribution in [1.82, 2.24) is 19.0 Å². The molecule has 0 aliphatic carbocycles. The van der Waals surface area contributed by atoms with Crippen LogP contribution in [0.4, 0.5) is 13.2 Å². The summed E-state index contributed by atoms with van der Waals surface area (Å²) in [6.45, 7) is 3.23. The van der Waals surface area contributed by atoms with E-state index in [9.17, 15) is 21.6 Å².